The normalized spacial score (nSPS) is 20.3. The van der Waals surface area contributed by atoms with Crippen LogP contribution in [0.25, 0.3) is 0 Å². The molecule has 0 aromatic carbocycles. The average molecular weight is 326 g/mol. The first-order valence-corrected chi connectivity index (χ1v) is 9.52. The van der Waals surface area contributed by atoms with Gasteiger partial charge in [0, 0.05) is 37.8 Å². The molecule has 1 aliphatic rings. The zero-order valence-electron chi connectivity index (χ0n) is 13.6. The fourth-order valence-corrected chi connectivity index (χ4v) is 3.58. The highest BCUT2D eigenvalue weighted by Crippen LogP contribution is 2.27. The van der Waals surface area contributed by atoms with Crippen molar-refractivity contribution in [1.82, 2.24) is 14.2 Å². The molecule has 1 aromatic rings. The SMILES string of the molecule is CN(C)CCNc1cccc([C@@H]2CCCN(S(C)(=O)=O)C2)n1. The Morgan fingerprint density at radius 1 is 1.41 bits per heavy atom. The van der Waals surface area contributed by atoms with E-state index in [9.17, 15) is 8.42 Å². The molecule has 0 saturated carbocycles. The second-order valence-electron chi connectivity index (χ2n) is 6.14. The van der Waals surface area contributed by atoms with E-state index >= 15 is 0 Å². The number of likely N-dealkylation sites (N-methyl/N-ethyl adjacent to an activating group) is 1. The van der Waals surface area contributed by atoms with Crippen molar-refractivity contribution in [3.63, 3.8) is 0 Å². The number of rotatable bonds is 6. The van der Waals surface area contributed by atoms with Crippen LogP contribution in [0.3, 0.4) is 0 Å². The molecule has 0 amide bonds. The van der Waals surface area contributed by atoms with Crippen molar-refractivity contribution in [3.05, 3.63) is 23.9 Å². The lowest BCUT2D eigenvalue weighted by molar-refractivity contribution is 0.314. The van der Waals surface area contributed by atoms with Crippen molar-refractivity contribution in [3.8, 4) is 0 Å². The molecular formula is C15H26N4O2S. The number of nitrogens with zero attached hydrogens (tertiary/aromatic N) is 3. The summed E-state index contributed by atoms with van der Waals surface area (Å²) in [5.41, 5.74) is 0.975. The van der Waals surface area contributed by atoms with Crippen molar-refractivity contribution in [2.24, 2.45) is 0 Å². The van der Waals surface area contributed by atoms with Gasteiger partial charge in [0.2, 0.25) is 10.0 Å². The minimum atomic E-state index is -3.12. The molecule has 2 rings (SSSR count). The highest BCUT2D eigenvalue weighted by Gasteiger charge is 2.27. The maximum atomic E-state index is 11.7. The Morgan fingerprint density at radius 2 is 2.18 bits per heavy atom. The highest BCUT2D eigenvalue weighted by atomic mass is 32.2. The molecular weight excluding hydrogens is 300 g/mol. The van der Waals surface area contributed by atoms with Crippen molar-refractivity contribution in [2.45, 2.75) is 18.8 Å². The van der Waals surface area contributed by atoms with E-state index < -0.39 is 10.0 Å². The number of hydrogen-bond donors (Lipinski definition) is 1. The number of nitrogens with one attached hydrogen (secondary N) is 1. The van der Waals surface area contributed by atoms with Crippen molar-refractivity contribution in [2.75, 3.05) is 51.8 Å². The van der Waals surface area contributed by atoms with Crippen LogP contribution in [-0.4, -0.2) is 69.1 Å². The molecule has 0 aliphatic carbocycles. The third kappa shape index (κ3) is 4.93. The number of aromatic nitrogens is 1. The maximum absolute atomic E-state index is 11.7. The third-order valence-electron chi connectivity index (χ3n) is 3.91. The zero-order chi connectivity index (χ0) is 16.2. The van der Waals surface area contributed by atoms with E-state index in [0.29, 0.717) is 13.1 Å². The molecule has 1 N–H and O–H groups in total. The Bertz CT molecular complexity index is 589. The molecule has 0 unspecified atom stereocenters. The van der Waals surface area contributed by atoms with E-state index in [4.69, 9.17) is 0 Å². The minimum absolute atomic E-state index is 0.180. The van der Waals surface area contributed by atoms with E-state index in [0.717, 1.165) is 37.4 Å². The third-order valence-corrected chi connectivity index (χ3v) is 5.18. The number of hydrogen-bond acceptors (Lipinski definition) is 5. The maximum Gasteiger partial charge on any atom is 0.211 e. The van der Waals surface area contributed by atoms with Gasteiger partial charge in [-0.25, -0.2) is 17.7 Å². The first kappa shape index (κ1) is 17.2. The molecule has 7 heteroatoms. The van der Waals surface area contributed by atoms with Gasteiger partial charge in [0.1, 0.15) is 5.82 Å². The molecule has 1 atom stereocenters. The molecule has 22 heavy (non-hydrogen) atoms. The van der Waals surface area contributed by atoms with Crippen molar-refractivity contribution in [1.29, 1.82) is 0 Å². The lowest BCUT2D eigenvalue weighted by Gasteiger charge is -2.30. The van der Waals surface area contributed by atoms with Gasteiger partial charge in [-0.3, -0.25) is 0 Å². The summed E-state index contributed by atoms with van der Waals surface area (Å²) in [6, 6.07) is 5.93. The lowest BCUT2D eigenvalue weighted by Crippen LogP contribution is -2.38. The number of piperidine rings is 1. The van der Waals surface area contributed by atoms with E-state index in [1.165, 1.54) is 6.26 Å². The highest BCUT2D eigenvalue weighted by molar-refractivity contribution is 7.88. The van der Waals surface area contributed by atoms with Gasteiger partial charge in [-0.05, 0) is 39.1 Å². The molecule has 0 bridgehead atoms. The summed E-state index contributed by atoms with van der Waals surface area (Å²) < 4.78 is 25.0. The first-order valence-electron chi connectivity index (χ1n) is 7.67. The van der Waals surface area contributed by atoms with Gasteiger partial charge in [-0.2, -0.15) is 0 Å². The standard InChI is InChI=1S/C15H26N4O2S/c1-18(2)11-9-16-15-8-4-7-14(17-15)13-6-5-10-19(12-13)22(3,20)21/h4,7-8,13H,5-6,9-12H2,1-3H3,(H,16,17)/t13-/m1/s1. The van der Waals surface area contributed by atoms with Crippen molar-refractivity contribution < 1.29 is 8.42 Å². The molecule has 2 heterocycles. The summed E-state index contributed by atoms with van der Waals surface area (Å²) in [5.74, 6) is 1.04. The summed E-state index contributed by atoms with van der Waals surface area (Å²) in [5, 5.41) is 3.31. The van der Waals surface area contributed by atoms with E-state index in [1.807, 2.05) is 32.3 Å². The summed E-state index contributed by atoms with van der Waals surface area (Å²) in [4.78, 5) is 6.77. The summed E-state index contributed by atoms with van der Waals surface area (Å²) in [6.07, 6.45) is 3.15. The number of pyridine rings is 1. The van der Waals surface area contributed by atoms with Gasteiger partial charge in [-0.1, -0.05) is 6.07 Å². The van der Waals surface area contributed by atoms with Crippen LogP contribution in [0.15, 0.2) is 18.2 Å². The first-order chi connectivity index (χ1) is 10.4. The average Bonchev–Trinajstić information content (AvgIpc) is 2.46. The predicted octanol–water partition coefficient (Wildman–Crippen LogP) is 1.19. The van der Waals surface area contributed by atoms with Crippen LogP contribution >= 0.6 is 0 Å². The van der Waals surface area contributed by atoms with Crippen LogP contribution in [-0.2, 0) is 10.0 Å². The molecule has 0 radical (unpaired) electrons. The number of anilines is 1. The Labute approximate surface area is 133 Å². The van der Waals surface area contributed by atoms with Crippen LogP contribution in [0.5, 0.6) is 0 Å². The Balaban J connectivity index is 2.02. The van der Waals surface area contributed by atoms with Crippen LogP contribution < -0.4 is 5.32 Å². The fourth-order valence-electron chi connectivity index (χ4n) is 2.67. The molecule has 1 aromatic heterocycles. The molecule has 1 aliphatic heterocycles. The molecule has 124 valence electrons. The van der Waals surface area contributed by atoms with Gasteiger partial charge in [0.15, 0.2) is 0 Å². The Kier molecular flexibility index (Phi) is 5.77. The second kappa shape index (κ2) is 7.39. The predicted molar refractivity (Wildman–Crippen MR) is 89.7 cm³/mol. The van der Waals surface area contributed by atoms with Crippen LogP contribution in [0.1, 0.15) is 24.5 Å². The minimum Gasteiger partial charge on any atom is -0.369 e. The summed E-state index contributed by atoms with van der Waals surface area (Å²) >= 11 is 0. The largest absolute Gasteiger partial charge is 0.369 e. The van der Waals surface area contributed by atoms with Crippen LogP contribution in [0.2, 0.25) is 0 Å². The van der Waals surface area contributed by atoms with Gasteiger partial charge in [-0.15, -0.1) is 0 Å². The second-order valence-corrected chi connectivity index (χ2v) is 8.12. The zero-order valence-corrected chi connectivity index (χ0v) is 14.4. The van der Waals surface area contributed by atoms with E-state index in [2.05, 4.69) is 15.2 Å². The number of sulfonamides is 1. The Hall–Kier alpha value is -1.18. The van der Waals surface area contributed by atoms with E-state index in [1.54, 1.807) is 4.31 Å². The van der Waals surface area contributed by atoms with E-state index in [-0.39, 0.29) is 5.92 Å². The summed E-state index contributed by atoms with van der Waals surface area (Å²) in [7, 11) is 0.954. The topological polar surface area (TPSA) is 65.5 Å². The summed E-state index contributed by atoms with van der Waals surface area (Å²) in [6.45, 7) is 2.93. The smallest absolute Gasteiger partial charge is 0.211 e. The van der Waals surface area contributed by atoms with Gasteiger partial charge in [0.25, 0.3) is 0 Å². The van der Waals surface area contributed by atoms with Gasteiger partial charge in [0.05, 0.1) is 6.26 Å². The Morgan fingerprint density at radius 3 is 2.86 bits per heavy atom. The monoisotopic (exact) mass is 326 g/mol. The quantitative estimate of drug-likeness (QED) is 0.851. The van der Waals surface area contributed by atoms with Crippen molar-refractivity contribution >= 4 is 15.8 Å². The van der Waals surface area contributed by atoms with Gasteiger partial charge >= 0.3 is 0 Å². The van der Waals surface area contributed by atoms with Crippen LogP contribution in [0, 0.1) is 0 Å². The molecule has 1 fully saturated rings. The molecule has 6 nitrogen and oxygen atoms in total. The lowest BCUT2D eigenvalue weighted by atomic mass is 9.95. The molecule has 0 spiro atoms. The molecule has 1 saturated heterocycles. The fraction of sp³-hybridized carbons (Fsp3) is 0.667. The van der Waals surface area contributed by atoms with Gasteiger partial charge < -0.3 is 10.2 Å². The van der Waals surface area contributed by atoms with Crippen LogP contribution in [0.4, 0.5) is 5.82 Å².